The van der Waals surface area contributed by atoms with E-state index < -0.39 is 4.92 Å². The molecule has 1 aliphatic rings. The van der Waals surface area contributed by atoms with Crippen LogP contribution >= 0.6 is 11.8 Å². The SMILES string of the molecule is CSc1ccc([N+](=O)[O-])c(C(=O)NCC(C)(C)N2CCCC(C)C2)c1. The van der Waals surface area contributed by atoms with Gasteiger partial charge in [-0.15, -0.1) is 11.8 Å². The Hall–Kier alpha value is -1.60. The molecule has 1 saturated heterocycles. The largest absolute Gasteiger partial charge is 0.350 e. The lowest BCUT2D eigenvalue weighted by molar-refractivity contribution is -0.385. The molecule has 1 fully saturated rings. The lowest BCUT2D eigenvalue weighted by Gasteiger charge is -2.43. The van der Waals surface area contributed by atoms with Gasteiger partial charge in [0, 0.05) is 29.6 Å². The number of piperidine rings is 1. The third kappa shape index (κ3) is 4.95. The van der Waals surface area contributed by atoms with Crippen LogP contribution in [0.4, 0.5) is 5.69 Å². The minimum atomic E-state index is -0.503. The summed E-state index contributed by atoms with van der Waals surface area (Å²) in [6.07, 6.45) is 4.29. The average molecular weight is 365 g/mol. The number of likely N-dealkylation sites (tertiary alicyclic amines) is 1. The normalized spacial score (nSPS) is 18.8. The number of thioether (sulfide) groups is 1. The fourth-order valence-corrected chi connectivity index (χ4v) is 3.67. The van der Waals surface area contributed by atoms with Gasteiger partial charge in [-0.2, -0.15) is 0 Å². The number of carbonyl (C=O) groups is 1. The summed E-state index contributed by atoms with van der Waals surface area (Å²) in [6.45, 7) is 8.97. The van der Waals surface area contributed by atoms with Crippen molar-refractivity contribution in [2.24, 2.45) is 5.92 Å². The van der Waals surface area contributed by atoms with Crippen LogP contribution in [0, 0.1) is 16.0 Å². The quantitative estimate of drug-likeness (QED) is 0.474. The lowest BCUT2D eigenvalue weighted by Crippen LogP contribution is -2.54. The van der Waals surface area contributed by atoms with Crippen LogP contribution in [0.3, 0.4) is 0 Å². The number of nitrogens with one attached hydrogen (secondary N) is 1. The molecule has 0 spiro atoms. The van der Waals surface area contributed by atoms with E-state index in [1.807, 2.05) is 6.26 Å². The lowest BCUT2D eigenvalue weighted by atomic mass is 9.93. The summed E-state index contributed by atoms with van der Waals surface area (Å²) in [7, 11) is 0. The Kier molecular flexibility index (Phi) is 6.46. The van der Waals surface area contributed by atoms with Gasteiger partial charge in [0.05, 0.1) is 4.92 Å². The number of benzene rings is 1. The summed E-state index contributed by atoms with van der Waals surface area (Å²) in [4.78, 5) is 26.5. The third-order valence-corrected chi connectivity index (χ3v) is 5.57. The first-order valence-corrected chi connectivity index (χ1v) is 9.83. The molecule has 0 aromatic heterocycles. The second-order valence-electron chi connectivity index (χ2n) is 7.33. The maximum Gasteiger partial charge on any atom is 0.282 e. The fourth-order valence-electron chi connectivity index (χ4n) is 3.23. The second-order valence-corrected chi connectivity index (χ2v) is 8.21. The van der Waals surface area contributed by atoms with Gasteiger partial charge in [0.15, 0.2) is 0 Å². The van der Waals surface area contributed by atoms with Gasteiger partial charge in [0.25, 0.3) is 11.6 Å². The van der Waals surface area contributed by atoms with Gasteiger partial charge in [0.1, 0.15) is 5.56 Å². The van der Waals surface area contributed by atoms with Gasteiger partial charge < -0.3 is 5.32 Å². The van der Waals surface area contributed by atoms with Crippen LogP contribution in [0.2, 0.25) is 0 Å². The predicted octanol–water partition coefficient (Wildman–Crippen LogP) is 3.56. The summed E-state index contributed by atoms with van der Waals surface area (Å²) >= 11 is 1.46. The highest BCUT2D eigenvalue weighted by Crippen LogP contribution is 2.26. The van der Waals surface area contributed by atoms with Crippen molar-refractivity contribution in [2.75, 3.05) is 25.9 Å². The van der Waals surface area contributed by atoms with Crippen LogP contribution in [-0.4, -0.2) is 47.2 Å². The summed E-state index contributed by atoms with van der Waals surface area (Å²) in [5.41, 5.74) is -0.213. The Balaban J connectivity index is 2.10. The molecule has 1 amide bonds. The van der Waals surface area contributed by atoms with Crippen molar-refractivity contribution in [1.82, 2.24) is 10.2 Å². The highest BCUT2D eigenvalue weighted by atomic mass is 32.2. The molecule has 1 aromatic rings. The standard InChI is InChI=1S/C18H27N3O3S/c1-13-6-5-9-20(11-13)18(2,3)12-19-17(22)15-10-14(25-4)7-8-16(15)21(23)24/h7-8,10,13H,5-6,9,11-12H2,1-4H3,(H,19,22). The van der Waals surface area contributed by atoms with E-state index in [1.165, 1.54) is 30.7 Å². The third-order valence-electron chi connectivity index (χ3n) is 4.84. The van der Waals surface area contributed by atoms with E-state index in [0.717, 1.165) is 18.0 Å². The van der Waals surface area contributed by atoms with Crippen molar-refractivity contribution in [3.8, 4) is 0 Å². The van der Waals surface area contributed by atoms with Crippen LogP contribution in [0.5, 0.6) is 0 Å². The van der Waals surface area contributed by atoms with E-state index in [2.05, 4.69) is 31.0 Å². The van der Waals surface area contributed by atoms with Gasteiger partial charge in [-0.25, -0.2) is 0 Å². The van der Waals surface area contributed by atoms with Crippen molar-refractivity contribution >= 4 is 23.4 Å². The highest BCUT2D eigenvalue weighted by Gasteiger charge is 2.31. The summed E-state index contributed by atoms with van der Waals surface area (Å²) in [5, 5.41) is 14.1. The molecule has 0 radical (unpaired) electrons. The number of nitro benzene ring substituents is 1. The molecule has 1 heterocycles. The minimum absolute atomic E-state index is 0.125. The van der Waals surface area contributed by atoms with Crippen LogP contribution in [0.25, 0.3) is 0 Å². The number of nitrogens with zero attached hydrogens (tertiary/aromatic N) is 2. The highest BCUT2D eigenvalue weighted by molar-refractivity contribution is 7.98. The molecule has 0 saturated carbocycles. The number of nitro groups is 1. The number of carbonyl (C=O) groups excluding carboxylic acids is 1. The first kappa shape index (κ1) is 19.7. The summed E-state index contributed by atoms with van der Waals surface area (Å²) in [6, 6.07) is 4.66. The van der Waals surface area contributed by atoms with E-state index in [1.54, 1.807) is 12.1 Å². The zero-order valence-corrected chi connectivity index (χ0v) is 16.2. The monoisotopic (exact) mass is 365 g/mol. The van der Waals surface area contributed by atoms with E-state index >= 15 is 0 Å². The van der Waals surface area contributed by atoms with Crippen molar-refractivity contribution in [3.05, 3.63) is 33.9 Å². The summed E-state index contributed by atoms with van der Waals surface area (Å²) in [5.74, 6) is 0.267. The zero-order chi connectivity index (χ0) is 18.6. The van der Waals surface area contributed by atoms with Crippen LogP contribution in [0.1, 0.15) is 44.0 Å². The van der Waals surface area contributed by atoms with Crippen molar-refractivity contribution < 1.29 is 9.72 Å². The Labute approximate surface area is 153 Å². The molecule has 0 bridgehead atoms. The van der Waals surface area contributed by atoms with Crippen LogP contribution < -0.4 is 5.32 Å². The molecular weight excluding hydrogens is 338 g/mol. The molecule has 2 rings (SSSR count). The molecule has 1 N–H and O–H groups in total. The van der Waals surface area contributed by atoms with E-state index in [4.69, 9.17) is 0 Å². The van der Waals surface area contributed by atoms with Gasteiger partial charge in [-0.3, -0.25) is 19.8 Å². The molecule has 0 aliphatic carbocycles. The molecule has 7 heteroatoms. The number of amides is 1. The first-order chi connectivity index (χ1) is 11.7. The molecule has 1 aliphatic heterocycles. The molecule has 1 aromatic carbocycles. The molecule has 1 unspecified atom stereocenters. The molecular formula is C18H27N3O3S. The van der Waals surface area contributed by atoms with Crippen molar-refractivity contribution in [1.29, 1.82) is 0 Å². The number of rotatable bonds is 6. The molecule has 138 valence electrons. The van der Waals surface area contributed by atoms with E-state index in [-0.39, 0.29) is 22.7 Å². The predicted molar refractivity (Wildman–Crippen MR) is 101 cm³/mol. The minimum Gasteiger partial charge on any atom is -0.350 e. The Morgan fingerprint density at radius 2 is 2.20 bits per heavy atom. The summed E-state index contributed by atoms with van der Waals surface area (Å²) < 4.78 is 0. The van der Waals surface area contributed by atoms with Gasteiger partial charge in [-0.1, -0.05) is 6.92 Å². The van der Waals surface area contributed by atoms with Gasteiger partial charge >= 0.3 is 0 Å². The maximum absolute atomic E-state index is 12.6. The van der Waals surface area contributed by atoms with Crippen molar-refractivity contribution in [3.63, 3.8) is 0 Å². The average Bonchev–Trinajstić information content (AvgIpc) is 2.59. The Morgan fingerprint density at radius 3 is 2.80 bits per heavy atom. The number of hydrogen-bond acceptors (Lipinski definition) is 5. The number of hydrogen-bond donors (Lipinski definition) is 1. The molecule has 6 nitrogen and oxygen atoms in total. The van der Waals surface area contributed by atoms with E-state index in [0.29, 0.717) is 12.5 Å². The van der Waals surface area contributed by atoms with Gasteiger partial charge in [-0.05, 0) is 57.5 Å². The Morgan fingerprint density at radius 1 is 1.48 bits per heavy atom. The van der Waals surface area contributed by atoms with E-state index in [9.17, 15) is 14.9 Å². The smallest absolute Gasteiger partial charge is 0.282 e. The van der Waals surface area contributed by atoms with Crippen molar-refractivity contribution in [2.45, 2.75) is 44.0 Å². The van der Waals surface area contributed by atoms with Crippen LogP contribution in [-0.2, 0) is 0 Å². The first-order valence-electron chi connectivity index (χ1n) is 8.60. The van der Waals surface area contributed by atoms with Gasteiger partial charge in [0.2, 0.25) is 0 Å². The molecule has 1 atom stereocenters. The second kappa shape index (κ2) is 8.19. The zero-order valence-electron chi connectivity index (χ0n) is 15.4. The topological polar surface area (TPSA) is 75.5 Å². The molecule has 25 heavy (non-hydrogen) atoms. The Bertz CT molecular complexity index is 648. The fraction of sp³-hybridized carbons (Fsp3) is 0.611. The van der Waals surface area contributed by atoms with Crippen LogP contribution in [0.15, 0.2) is 23.1 Å². The maximum atomic E-state index is 12.6.